The third-order valence-corrected chi connectivity index (χ3v) is 6.19. The molecule has 1 N–H and O–H groups in total. The first-order valence-corrected chi connectivity index (χ1v) is 12.1. The molecular formula is C27H29FN6O3. The zero-order chi connectivity index (χ0) is 25.8. The molecule has 2 aromatic carbocycles. The van der Waals surface area contributed by atoms with Crippen LogP contribution in [0.25, 0.3) is 10.9 Å². The van der Waals surface area contributed by atoms with Crippen molar-refractivity contribution in [3.05, 3.63) is 66.1 Å². The quantitative estimate of drug-likeness (QED) is 0.461. The molecule has 9 nitrogen and oxygen atoms in total. The highest BCUT2D eigenvalue weighted by Gasteiger charge is 2.21. The van der Waals surface area contributed by atoms with Crippen LogP contribution in [0.5, 0.6) is 11.5 Å². The number of aromatic nitrogens is 2. The lowest BCUT2D eigenvalue weighted by Gasteiger charge is -2.30. The number of anilines is 3. The van der Waals surface area contributed by atoms with Gasteiger partial charge in [0.1, 0.15) is 29.5 Å². The fraction of sp³-hybridized carbons (Fsp3) is 0.296. The Balaban J connectivity index is 1.44. The summed E-state index contributed by atoms with van der Waals surface area (Å²) in [7, 11) is 1.62. The molecule has 192 valence electrons. The van der Waals surface area contributed by atoms with E-state index < -0.39 is 5.82 Å². The first kappa shape index (κ1) is 24.5. The van der Waals surface area contributed by atoms with Crippen molar-refractivity contribution in [1.82, 2.24) is 15.0 Å². The van der Waals surface area contributed by atoms with Crippen molar-refractivity contribution >= 4 is 34.3 Å². The van der Waals surface area contributed by atoms with Crippen LogP contribution >= 0.6 is 0 Å². The summed E-state index contributed by atoms with van der Waals surface area (Å²) in [5.74, 6) is 1.70. The third-order valence-electron chi connectivity index (χ3n) is 6.19. The van der Waals surface area contributed by atoms with Crippen molar-refractivity contribution in [2.45, 2.75) is 13.8 Å². The Bertz CT molecular complexity index is 1380. The molecule has 3 heterocycles. The molecule has 0 unspecified atom stereocenters. The molecule has 1 saturated heterocycles. The number of rotatable bonds is 7. The molecule has 3 aromatic rings. The van der Waals surface area contributed by atoms with Crippen LogP contribution in [0, 0.1) is 12.7 Å². The Labute approximate surface area is 214 Å². The van der Waals surface area contributed by atoms with E-state index in [9.17, 15) is 0 Å². The SMILES string of the molecule is C/C=N\N1C=CC(Oc2cc(F)c(Nc3ncnc4ccc(N5CCOCC5)c(OC)c34)cc2C)=CC1. The summed E-state index contributed by atoms with van der Waals surface area (Å²) < 4.78 is 32.6. The van der Waals surface area contributed by atoms with Gasteiger partial charge in [-0.05, 0) is 49.8 Å². The summed E-state index contributed by atoms with van der Waals surface area (Å²) in [6.07, 6.45) is 8.67. The molecule has 0 spiro atoms. The molecular weight excluding hydrogens is 475 g/mol. The fourth-order valence-corrected chi connectivity index (χ4v) is 4.37. The first-order valence-electron chi connectivity index (χ1n) is 12.1. The number of halogens is 1. The van der Waals surface area contributed by atoms with Crippen LogP contribution in [0.15, 0.2) is 59.8 Å². The normalized spacial score (nSPS) is 15.8. The van der Waals surface area contributed by atoms with Gasteiger partial charge in [0.15, 0.2) is 5.75 Å². The second-order valence-corrected chi connectivity index (χ2v) is 8.58. The summed E-state index contributed by atoms with van der Waals surface area (Å²) in [4.78, 5) is 11.0. The predicted octanol–water partition coefficient (Wildman–Crippen LogP) is 4.76. The standard InChI is InChI=1S/C27H29FN6O3/c1-4-31-34-9-7-19(8-10-34)37-24-16-20(28)22(15-18(24)2)32-27-25-21(29-17-30-27)5-6-23(26(25)35-3)33-11-13-36-14-12-33/h4-9,15-17H,10-14H2,1-3H3,(H,29,30,32)/b31-4-. The zero-order valence-corrected chi connectivity index (χ0v) is 21.1. The summed E-state index contributed by atoms with van der Waals surface area (Å²) >= 11 is 0. The highest BCUT2D eigenvalue weighted by molar-refractivity contribution is 6.00. The third kappa shape index (κ3) is 5.19. The van der Waals surface area contributed by atoms with E-state index in [1.165, 1.54) is 12.4 Å². The van der Waals surface area contributed by atoms with Gasteiger partial charge in [0.2, 0.25) is 0 Å². The maximum Gasteiger partial charge on any atom is 0.155 e. The molecule has 0 aliphatic carbocycles. The lowest BCUT2D eigenvalue weighted by Crippen LogP contribution is -2.36. The molecule has 37 heavy (non-hydrogen) atoms. The molecule has 0 radical (unpaired) electrons. The maximum absolute atomic E-state index is 15.3. The van der Waals surface area contributed by atoms with Crippen LogP contribution in [-0.4, -0.2) is 61.1 Å². The summed E-state index contributed by atoms with van der Waals surface area (Å²) in [5, 5.41) is 9.81. The smallest absolute Gasteiger partial charge is 0.155 e. The van der Waals surface area contributed by atoms with E-state index >= 15 is 4.39 Å². The van der Waals surface area contributed by atoms with Gasteiger partial charge in [-0.1, -0.05) is 0 Å². The zero-order valence-electron chi connectivity index (χ0n) is 21.1. The largest absolute Gasteiger partial charge is 0.494 e. The van der Waals surface area contributed by atoms with E-state index in [4.69, 9.17) is 14.2 Å². The van der Waals surface area contributed by atoms with Crippen molar-refractivity contribution < 1.29 is 18.6 Å². The van der Waals surface area contributed by atoms with Gasteiger partial charge in [-0.15, -0.1) is 0 Å². The van der Waals surface area contributed by atoms with Crippen LogP contribution in [0.2, 0.25) is 0 Å². The van der Waals surface area contributed by atoms with E-state index in [0.29, 0.717) is 53.7 Å². The number of nitrogens with zero attached hydrogens (tertiary/aromatic N) is 5. The van der Waals surface area contributed by atoms with Crippen LogP contribution in [0.1, 0.15) is 12.5 Å². The highest BCUT2D eigenvalue weighted by atomic mass is 19.1. The average Bonchev–Trinajstić information content (AvgIpc) is 2.92. The Morgan fingerprint density at radius 3 is 2.76 bits per heavy atom. The first-order chi connectivity index (χ1) is 18.1. The number of benzene rings is 2. The number of hydrogen-bond acceptors (Lipinski definition) is 9. The average molecular weight is 505 g/mol. The number of hydrogen-bond donors (Lipinski definition) is 1. The molecule has 5 rings (SSSR count). The topological polar surface area (TPSA) is 84.3 Å². The Kier molecular flexibility index (Phi) is 7.18. The van der Waals surface area contributed by atoms with Gasteiger partial charge < -0.3 is 24.4 Å². The van der Waals surface area contributed by atoms with Gasteiger partial charge in [0.05, 0.1) is 49.1 Å². The number of methoxy groups -OCH3 is 1. The van der Waals surface area contributed by atoms with E-state index in [1.54, 1.807) is 30.5 Å². The van der Waals surface area contributed by atoms with Crippen molar-refractivity contribution in [3.8, 4) is 11.5 Å². The number of fused-ring (bicyclic) bond motifs is 1. The predicted molar refractivity (Wildman–Crippen MR) is 142 cm³/mol. The summed E-state index contributed by atoms with van der Waals surface area (Å²) in [6.45, 7) is 7.10. The van der Waals surface area contributed by atoms with E-state index in [0.717, 1.165) is 24.3 Å². The van der Waals surface area contributed by atoms with Crippen molar-refractivity contribution in [2.75, 3.05) is 50.2 Å². The lowest BCUT2D eigenvalue weighted by atomic mass is 10.1. The summed E-state index contributed by atoms with van der Waals surface area (Å²) in [5.41, 5.74) is 2.67. The van der Waals surface area contributed by atoms with Crippen LogP contribution in [0.3, 0.4) is 0 Å². The molecule has 0 atom stereocenters. The number of nitrogens with one attached hydrogen (secondary N) is 1. The second-order valence-electron chi connectivity index (χ2n) is 8.58. The van der Waals surface area contributed by atoms with Crippen molar-refractivity contribution in [3.63, 3.8) is 0 Å². The van der Waals surface area contributed by atoms with Crippen LogP contribution in [-0.2, 0) is 4.74 Å². The number of hydrazone groups is 1. The highest BCUT2D eigenvalue weighted by Crippen LogP contribution is 2.40. The minimum Gasteiger partial charge on any atom is -0.494 e. The van der Waals surface area contributed by atoms with Crippen molar-refractivity contribution in [2.24, 2.45) is 5.10 Å². The van der Waals surface area contributed by atoms with Gasteiger partial charge in [-0.25, -0.2) is 14.4 Å². The van der Waals surface area contributed by atoms with Crippen molar-refractivity contribution in [1.29, 1.82) is 0 Å². The monoisotopic (exact) mass is 504 g/mol. The molecule has 0 bridgehead atoms. The maximum atomic E-state index is 15.3. The molecule has 0 amide bonds. The van der Waals surface area contributed by atoms with Gasteiger partial charge in [-0.2, -0.15) is 5.10 Å². The van der Waals surface area contributed by atoms with E-state index in [-0.39, 0.29) is 5.69 Å². The molecule has 2 aliphatic rings. The summed E-state index contributed by atoms with van der Waals surface area (Å²) in [6, 6.07) is 7.00. The molecule has 2 aliphatic heterocycles. The number of morpholine rings is 1. The molecule has 1 aromatic heterocycles. The van der Waals surface area contributed by atoms with E-state index in [2.05, 4.69) is 25.3 Å². The second kappa shape index (κ2) is 10.8. The minimum atomic E-state index is -0.465. The Hall–Kier alpha value is -4.18. The fourth-order valence-electron chi connectivity index (χ4n) is 4.37. The van der Waals surface area contributed by atoms with E-state index in [1.807, 2.05) is 38.3 Å². The van der Waals surface area contributed by atoms with Gasteiger partial charge in [-0.3, -0.25) is 5.01 Å². The lowest BCUT2D eigenvalue weighted by molar-refractivity contribution is 0.122. The molecule has 1 fully saturated rings. The molecule has 10 heteroatoms. The van der Waals surface area contributed by atoms with Gasteiger partial charge >= 0.3 is 0 Å². The minimum absolute atomic E-state index is 0.278. The Morgan fingerprint density at radius 2 is 2.03 bits per heavy atom. The number of allylic oxidation sites excluding steroid dienone is 1. The number of aryl methyl sites for hydroxylation is 1. The van der Waals surface area contributed by atoms with Crippen LogP contribution < -0.4 is 19.7 Å². The molecule has 0 saturated carbocycles. The van der Waals surface area contributed by atoms with Gasteiger partial charge in [0, 0.05) is 31.6 Å². The number of ether oxygens (including phenoxy) is 3. The van der Waals surface area contributed by atoms with Crippen LogP contribution in [0.4, 0.5) is 21.6 Å². The Morgan fingerprint density at radius 1 is 1.19 bits per heavy atom. The van der Waals surface area contributed by atoms with Gasteiger partial charge in [0.25, 0.3) is 0 Å².